The average molecular weight is 351 g/mol. The fourth-order valence-electron chi connectivity index (χ4n) is 3.64. The van der Waals surface area contributed by atoms with Gasteiger partial charge in [0.2, 0.25) is 0 Å². The molecule has 1 atom stereocenters. The number of anilines is 2. The maximum absolute atomic E-state index is 2.42. The third-order valence-electron chi connectivity index (χ3n) is 5.32. The van der Waals surface area contributed by atoms with Gasteiger partial charge in [-0.25, -0.2) is 0 Å². The Kier molecular flexibility index (Phi) is 4.93. The highest BCUT2D eigenvalue weighted by molar-refractivity contribution is 5.77. The number of rotatable bonds is 4. The number of nitrogens with zero attached hydrogens (tertiary/aromatic N) is 1. The highest BCUT2D eigenvalue weighted by atomic mass is 15.2. The van der Waals surface area contributed by atoms with Crippen molar-refractivity contribution in [2.75, 3.05) is 4.90 Å². The van der Waals surface area contributed by atoms with Gasteiger partial charge in [0.25, 0.3) is 0 Å². The molecule has 0 aliphatic heterocycles. The first-order chi connectivity index (χ1) is 13.2. The van der Waals surface area contributed by atoms with Gasteiger partial charge in [-0.1, -0.05) is 72.8 Å². The summed E-state index contributed by atoms with van der Waals surface area (Å²) in [6, 6.07) is 28.3. The standard InChI is InChI=1S/C26H25N/c1-20-13-14-23(19-21(20)2)22-15-17-26(18-16-22)27(24-9-5-3-6-10-24)25-11-7-4-8-12-25/h3-17,19,26H,18H2,1-2H3. The molecule has 0 aromatic heterocycles. The fraction of sp³-hybridized carbons (Fsp3) is 0.154. The van der Waals surface area contributed by atoms with E-state index in [1.807, 2.05) is 0 Å². The zero-order valence-electron chi connectivity index (χ0n) is 16.0. The zero-order valence-corrected chi connectivity index (χ0v) is 16.0. The van der Waals surface area contributed by atoms with E-state index in [-0.39, 0.29) is 0 Å². The van der Waals surface area contributed by atoms with Crippen molar-refractivity contribution in [3.05, 3.63) is 114 Å². The minimum atomic E-state index is 0.310. The van der Waals surface area contributed by atoms with E-state index < -0.39 is 0 Å². The smallest absolute Gasteiger partial charge is 0.0560 e. The van der Waals surface area contributed by atoms with Crippen LogP contribution in [0.1, 0.15) is 23.1 Å². The van der Waals surface area contributed by atoms with Crippen molar-refractivity contribution in [2.24, 2.45) is 0 Å². The van der Waals surface area contributed by atoms with E-state index in [1.54, 1.807) is 0 Å². The minimum Gasteiger partial charge on any atom is -0.334 e. The first-order valence-corrected chi connectivity index (χ1v) is 9.58. The molecule has 1 nitrogen and oxygen atoms in total. The lowest BCUT2D eigenvalue weighted by Crippen LogP contribution is -2.30. The van der Waals surface area contributed by atoms with Gasteiger partial charge < -0.3 is 4.90 Å². The molecule has 3 aromatic rings. The van der Waals surface area contributed by atoms with Crippen LogP contribution in [-0.4, -0.2) is 6.04 Å². The second-order valence-electron chi connectivity index (χ2n) is 7.16. The summed E-state index contributed by atoms with van der Waals surface area (Å²) in [6.45, 7) is 4.35. The van der Waals surface area contributed by atoms with Crippen LogP contribution in [-0.2, 0) is 0 Å². The Balaban J connectivity index is 1.63. The van der Waals surface area contributed by atoms with Crippen molar-refractivity contribution < 1.29 is 0 Å². The molecule has 1 aliphatic carbocycles. The second-order valence-corrected chi connectivity index (χ2v) is 7.16. The number of aryl methyl sites for hydroxylation is 2. The predicted molar refractivity (Wildman–Crippen MR) is 116 cm³/mol. The van der Waals surface area contributed by atoms with Gasteiger partial charge in [0, 0.05) is 11.4 Å². The molecule has 0 amide bonds. The van der Waals surface area contributed by atoms with Crippen LogP contribution < -0.4 is 4.90 Å². The molecule has 27 heavy (non-hydrogen) atoms. The Bertz CT molecular complexity index is 928. The van der Waals surface area contributed by atoms with E-state index in [0.717, 1.165) is 6.42 Å². The molecule has 1 aliphatic rings. The summed E-state index contributed by atoms with van der Waals surface area (Å²) in [5, 5.41) is 0. The van der Waals surface area contributed by atoms with Crippen LogP contribution in [0.2, 0.25) is 0 Å². The van der Waals surface area contributed by atoms with Gasteiger partial charge in [0.05, 0.1) is 6.04 Å². The molecule has 134 valence electrons. The number of hydrogen-bond acceptors (Lipinski definition) is 1. The molecule has 0 radical (unpaired) electrons. The monoisotopic (exact) mass is 351 g/mol. The highest BCUT2D eigenvalue weighted by Gasteiger charge is 2.20. The van der Waals surface area contributed by atoms with Gasteiger partial charge in [0.1, 0.15) is 0 Å². The topological polar surface area (TPSA) is 3.24 Å². The Hall–Kier alpha value is -3.06. The van der Waals surface area contributed by atoms with Gasteiger partial charge in [-0.2, -0.15) is 0 Å². The van der Waals surface area contributed by atoms with Gasteiger partial charge >= 0.3 is 0 Å². The maximum Gasteiger partial charge on any atom is 0.0560 e. The molecular formula is C26H25N. The quantitative estimate of drug-likeness (QED) is 0.496. The maximum atomic E-state index is 2.42. The van der Waals surface area contributed by atoms with Crippen molar-refractivity contribution in [3.8, 4) is 0 Å². The van der Waals surface area contributed by atoms with Crippen LogP contribution >= 0.6 is 0 Å². The van der Waals surface area contributed by atoms with Crippen molar-refractivity contribution in [3.63, 3.8) is 0 Å². The van der Waals surface area contributed by atoms with Crippen molar-refractivity contribution >= 4 is 16.9 Å². The van der Waals surface area contributed by atoms with Crippen LogP contribution in [0.3, 0.4) is 0 Å². The Labute approximate surface area is 162 Å². The lowest BCUT2D eigenvalue weighted by atomic mass is 9.94. The van der Waals surface area contributed by atoms with Gasteiger partial charge in [-0.3, -0.25) is 0 Å². The van der Waals surface area contributed by atoms with Gasteiger partial charge in [-0.15, -0.1) is 0 Å². The summed E-state index contributed by atoms with van der Waals surface area (Å²) in [7, 11) is 0. The Morgan fingerprint density at radius 1 is 0.741 bits per heavy atom. The third-order valence-corrected chi connectivity index (χ3v) is 5.32. The summed E-state index contributed by atoms with van der Waals surface area (Å²) in [5.74, 6) is 0. The first-order valence-electron chi connectivity index (χ1n) is 9.58. The summed E-state index contributed by atoms with van der Waals surface area (Å²) >= 11 is 0. The first kappa shape index (κ1) is 17.4. The fourth-order valence-corrected chi connectivity index (χ4v) is 3.64. The molecule has 0 saturated heterocycles. The number of hydrogen-bond donors (Lipinski definition) is 0. The van der Waals surface area contributed by atoms with Crippen LogP contribution in [0.15, 0.2) is 97.1 Å². The largest absolute Gasteiger partial charge is 0.334 e. The average Bonchev–Trinajstić information content (AvgIpc) is 2.72. The minimum absolute atomic E-state index is 0.310. The van der Waals surface area contributed by atoms with Crippen molar-refractivity contribution in [1.82, 2.24) is 0 Å². The van der Waals surface area contributed by atoms with Crippen LogP contribution in [0.5, 0.6) is 0 Å². The number of para-hydroxylation sites is 2. The van der Waals surface area contributed by atoms with Crippen molar-refractivity contribution in [1.29, 1.82) is 0 Å². The normalized spacial score (nSPS) is 16.1. The van der Waals surface area contributed by atoms with E-state index in [0.29, 0.717) is 6.04 Å². The van der Waals surface area contributed by atoms with E-state index in [1.165, 1.54) is 33.6 Å². The summed E-state index contributed by atoms with van der Waals surface area (Å²) in [4.78, 5) is 2.42. The molecule has 0 heterocycles. The molecule has 3 aromatic carbocycles. The molecule has 0 spiro atoms. The Morgan fingerprint density at radius 2 is 1.37 bits per heavy atom. The lowest BCUT2D eigenvalue weighted by Gasteiger charge is -2.33. The predicted octanol–water partition coefficient (Wildman–Crippen LogP) is 6.85. The zero-order chi connectivity index (χ0) is 18.6. The summed E-state index contributed by atoms with van der Waals surface area (Å²) < 4.78 is 0. The number of allylic oxidation sites excluding steroid dienone is 2. The van der Waals surface area contributed by atoms with E-state index in [9.17, 15) is 0 Å². The molecule has 0 saturated carbocycles. The van der Waals surface area contributed by atoms with Crippen molar-refractivity contribution in [2.45, 2.75) is 26.3 Å². The SMILES string of the molecule is Cc1ccc(C2=CCC(N(c3ccccc3)c3ccccc3)C=C2)cc1C. The van der Waals surface area contributed by atoms with E-state index >= 15 is 0 Å². The second kappa shape index (κ2) is 7.67. The third kappa shape index (κ3) is 3.73. The lowest BCUT2D eigenvalue weighted by molar-refractivity contribution is 0.787. The highest BCUT2D eigenvalue weighted by Crippen LogP contribution is 2.33. The summed E-state index contributed by atoms with van der Waals surface area (Å²) in [5.41, 5.74) is 7.76. The van der Waals surface area contributed by atoms with Crippen LogP contribution in [0.25, 0.3) is 5.57 Å². The summed E-state index contributed by atoms with van der Waals surface area (Å²) in [6.07, 6.45) is 7.97. The Morgan fingerprint density at radius 3 is 1.89 bits per heavy atom. The van der Waals surface area contributed by atoms with Crippen LogP contribution in [0.4, 0.5) is 11.4 Å². The molecule has 0 fully saturated rings. The van der Waals surface area contributed by atoms with Gasteiger partial charge in [-0.05, 0) is 66.8 Å². The molecule has 1 unspecified atom stereocenters. The van der Waals surface area contributed by atoms with E-state index in [2.05, 4.69) is 116 Å². The van der Waals surface area contributed by atoms with Crippen LogP contribution in [0, 0.1) is 13.8 Å². The molecule has 0 bridgehead atoms. The van der Waals surface area contributed by atoms with E-state index in [4.69, 9.17) is 0 Å². The molecule has 4 rings (SSSR count). The molecular weight excluding hydrogens is 326 g/mol. The molecule has 1 heteroatoms. The number of benzene rings is 3. The molecule has 0 N–H and O–H groups in total. The van der Waals surface area contributed by atoms with Gasteiger partial charge in [0.15, 0.2) is 0 Å².